The van der Waals surface area contributed by atoms with Gasteiger partial charge in [-0.1, -0.05) is 0 Å². The van der Waals surface area contributed by atoms with E-state index >= 15 is 0 Å². The van der Waals surface area contributed by atoms with Gasteiger partial charge in [-0.15, -0.1) is 11.8 Å². The number of carbonyl (C=O) groups is 1. The maximum atomic E-state index is 11.0. The molecule has 2 unspecified atom stereocenters. The van der Waals surface area contributed by atoms with Crippen molar-refractivity contribution >= 4 is 17.7 Å². The minimum Gasteiger partial charge on any atom is -0.480 e. The molecule has 0 bridgehead atoms. The molecule has 2 fully saturated rings. The fourth-order valence-corrected chi connectivity index (χ4v) is 3.71. The van der Waals surface area contributed by atoms with Gasteiger partial charge in [0.05, 0.1) is 5.37 Å². The first-order chi connectivity index (χ1) is 5.52. The number of hydrogen-bond donors (Lipinski definition) is 1. The van der Waals surface area contributed by atoms with E-state index in [-0.39, 0.29) is 10.8 Å². The highest BCUT2D eigenvalue weighted by molar-refractivity contribution is 8.01. The van der Waals surface area contributed by atoms with Crippen molar-refractivity contribution in [1.29, 1.82) is 0 Å². The molecule has 3 nitrogen and oxygen atoms in total. The van der Waals surface area contributed by atoms with Crippen molar-refractivity contribution < 1.29 is 9.90 Å². The van der Waals surface area contributed by atoms with E-state index in [4.69, 9.17) is 5.11 Å². The Morgan fingerprint density at radius 3 is 2.58 bits per heavy atom. The van der Waals surface area contributed by atoms with Crippen LogP contribution in [0.15, 0.2) is 0 Å². The van der Waals surface area contributed by atoms with Crippen LogP contribution >= 0.6 is 11.8 Å². The molecule has 0 spiro atoms. The maximum absolute atomic E-state index is 11.0. The molecule has 2 aliphatic heterocycles. The molecule has 0 amide bonds. The Hall–Kier alpha value is -0.220. The van der Waals surface area contributed by atoms with E-state index in [1.165, 1.54) is 0 Å². The lowest BCUT2D eigenvalue weighted by atomic mass is 9.99. The van der Waals surface area contributed by atoms with Crippen molar-refractivity contribution in [3.63, 3.8) is 0 Å². The normalized spacial score (nSPS) is 38.8. The number of aliphatic carboxylic acids is 1. The zero-order valence-corrected chi connectivity index (χ0v) is 8.10. The molecule has 68 valence electrons. The van der Waals surface area contributed by atoms with Gasteiger partial charge in [0.2, 0.25) is 0 Å². The average Bonchev–Trinajstić information content (AvgIpc) is 2.07. The summed E-state index contributed by atoms with van der Waals surface area (Å²) in [6, 6.07) is -0.277. The Kier molecular flexibility index (Phi) is 1.67. The first-order valence-corrected chi connectivity index (χ1v) is 5.07. The van der Waals surface area contributed by atoms with Crippen molar-refractivity contribution in [3.05, 3.63) is 0 Å². The number of carboxylic acid groups (broad SMARTS) is 1. The topological polar surface area (TPSA) is 40.5 Å². The van der Waals surface area contributed by atoms with Gasteiger partial charge in [0, 0.05) is 11.3 Å². The molecule has 2 saturated heterocycles. The monoisotopic (exact) mass is 187 g/mol. The Balaban J connectivity index is 2.23. The predicted octanol–water partition coefficient (Wildman–Crippen LogP) is 0.997. The van der Waals surface area contributed by atoms with Gasteiger partial charge in [-0.3, -0.25) is 9.69 Å². The molecule has 0 saturated carbocycles. The smallest absolute Gasteiger partial charge is 0.322 e. The molecule has 0 aliphatic carbocycles. The van der Waals surface area contributed by atoms with Crippen LogP contribution in [-0.2, 0) is 4.79 Å². The molecule has 2 heterocycles. The minimum atomic E-state index is -0.672. The Bertz CT molecular complexity index is 229. The summed E-state index contributed by atoms with van der Waals surface area (Å²) >= 11 is 1.80. The van der Waals surface area contributed by atoms with Crippen LogP contribution in [0.4, 0.5) is 0 Å². The van der Waals surface area contributed by atoms with Crippen molar-refractivity contribution in [2.24, 2.45) is 0 Å². The second kappa shape index (κ2) is 2.39. The van der Waals surface area contributed by atoms with Crippen LogP contribution in [-0.4, -0.2) is 38.7 Å². The molecule has 0 radical (unpaired) electrons. The summed E-state index contributed by atoms with van der Waals surface area (Å²) in [7, 11) is 0. The highest BCUT2D eigenvalue weighted by Gasteiger charge is 2.54. The lowest BCUT2D eigenvalue weighted by Gasteiger charge is -2.36. The van der Waals surface area contributed by atoms with Gasteiger partial charge in [0.15, 0.2) is 0 Å². The van der Waals surface area contributed by atoms with E-state index in [1.54, 1.807) is 11.8 Å². The van der Waals surface area contributed by atoms with Crippen molar-refractivity contribution in [3.8, 4) is 0 Å². The molecule has 2 rings (SSSR count). The fraction of sp³-hybridized carbons (Fsp3) is 0.875. The molecule has 12 heavy (non-hydrogen) atoms. The number of fused-ring (bicyclic) bond motifs is 1. The predicted molar refractivity (Wildman–Crippen MR) is 48.2 cm³/mol. The lowest BCUT2D eigenvalue weighted by molar-refractivity contribution is -0.145. The summed E-state index contributed by atoms with van der Waals surface area (Å²) in [6.45, 7) is 5.00. The van der Waals surface area contributed by atoms with E-state index in [0.717, 1.165) is 13.0 Å². The summed E-state index contributed by atoms with van der Waals surface area (Å²) in [4.78, 5) is 13.0. The van der Waals surface area contributed by atoms with E-state index < -0.39 is 5.97 Å². The van der Waals surface area contributed by atoms with Gasteiger partial charge < -0.3 is 5.11 Å². The fourth-order valence-electron chi connectivity index (χ4n) is 2.06. The first kappa shape index (κ1) is 8.38. The van der Waals surface area contributed by atoms with E-state index in [2.05, 4.69) is 4.90 Å². The maximum Gasteiger partial charge on any atom is 0.322 e. The third-order valence-electron chi connectivity index (χ3n) is 2.67. The molecular weight excluding hydrogens is 174 g/mol. The molecule has 0 aromatic rings. The van der Waals surface area contributed by atoms with Crippen molar-refractivity contribution in [2.75, 3.05) is 6.54 Å². The number of rotatable bonds is 1. The third kappa shape index (κ3) is 0.977. The van der Waals surface area contributed by atoms with Crippen molar-refractivity contribution in [2.45, 2.75) is 36.4 Å². The van der Waals surface area contributed by atoms with Crippen LogP contribution in [0.1, 0.15) is 20.3 Å². The lowest BCUT2D eigenvalue weighted by Crippen LogP contribution is -2.53. The van der Waals surface area contributed by atoms with E-state index in [1.807, 2.05) is 13.8 Å². The zero-order valence-electron chi connectivity index (χ0n) is 7.28. The third-order valence-corrected chi connectivity index (χ3v) is 4.28. The second-order valence-corrected chi connectivity index (χ2v) is 5.78. The standard InChI is InChI=1S/C8H13NO2S/c1-8(2)6(7(10)11)9-4-3-5(9)12-8/h5-6H,3-4H2,1-2H3,(H,10,11). The quantitative estimate of drug-likeness (QED) is 0.665. The molecular formula is C8H13NO2S. The van der Waals surface area contributed by atoms with Gasteiger partial charge in [0.25, 0.3) is 0 Å². The number of hydrogen-bond acceptors (Lipinski definition) is 3. The molecule has 0 aromatic carbocycles. The van der Waals surface area contributed by atoms with Gasteiger partial charge in [-0.05, 0) is 20.3 Å². The molecule has 2 atom stereocenters. The Morgan fingerprint density at radius 1 is 1.67 bits per heavy atom. The highest BCUT2D eigenvalue weighted by atomic mass is 32.2. The minimum absolute atomic E-state index is 0.118. The largest absolute Gasteiger partial charge is 0.480 e. The number of thioether (sulfide) groups is 1. The highest BCUT2D eigenvalue weighted by Crippen LogP contribution is 2.49. The molecule has 1 N–H and O–H groups in total. The molecule has 2 aliphatic rings. The summed E-state index contributed by atoms with van der Waals surface area (Å²) < 4.78 is -0.118. The zero-order chi connectivity index (χ0) is 8.93. The Morgan fingerprint density at radius 2 is 2.33 bits per heavy atom. The summed E-state index contributed by atoms with van der Waals surface area (Å²) in [5.74, 6) is -0.672. The van der Waals surface area contributed by atoms with Gasteiger partial charge in [0.1, 0.15) is 6.04 Å². The van der Waals surface area contributed by atoms with Gasteiger partial charge in [-0.2, -0.15) is 0 Å². The summed E-state index contributed by atoms with van der Waals surface area (Å²) in [5.41, 5.74) is 0. The van der Waals surface area contributed by atoms with Gasteiger partial charge in [-0.25, -0.2) is 0 Å². The SMILES string of the molecule is CC1(C)SC2CCN2C1C(=O)O. The summed E-state index contributed by atoms with van der Waals surface area (Å²) in [5, 5.41) is 9.49. The van der Waals surface area contributed by atoms with Crippen LogP contribution in [0.3, 0.4) is 0 Å². The van der Waals surface area contributed by atoms with Crippen LogP contribution in [0, 0.1) is 0 Å². The average molecular weight is 187 g/mol. The summed E-state index contributed by atoms with van der Waals surface area (Å²) in [6.07, 6.45) is 1.15. The Labute approximate surface area is 76.1 Å². The molecule has 0 aromatic heterocycles. The van der Waals surface area contributed by atoms with Crippen LogP contribution in [0.2, 0.25) is 0 Å². The molecule has 4 heteroatoms. The van der Waals surface area contributed by atoms with E-state index in [0.29, 0.717) is 5.37 Å². The van der Waals surface area contributed by atoms with Crippen LogP contribution in [0.5, 0.6) is 0 Å². The van der Waals surface area contributed by atoms with E-state index in [9.17, 15) is 4.79 Å². The van der Waals surface area contributed by atoms with Crippen LogP contribution in [0.25, 0.3) is 0 Å². The van der Waals surface area contributed by atoms with Crippen molar-refractivity contribution in [1.82, 2.24) is 4.90 Å². The number of nitrogens with zero attached hydrogens (tertiary/aromatic N) is 1. The van der Waals surface area contributed by atoms with Crippen LogP contribution < -0.4 is 0 Å². The number of carboxylic acids is 1. The van der Waals surface area contributed by atoms with Gasteiger partial charge >= 0.3 is 5.97 Å². The first-order valence-electron chi connectivity index (χ1n) is 4.19. The second-order valence-electron chi connectivity index (χ2n) is 3.94.